The van der Waals surface area contributed by atoms with Gasteiger partial charge in [-0.1, -0.05) is 43.3 Å². The van der Waals surface area contributed by atoms with Gasteiger partial charge in [0.1, 0.15) is 0 Å². The first-order valence-corrected chi connectivity index (χ1v) is 10.3. The van der Waals surface area contributed by atoms with Crippen molar-refractivity contribution in [1.29, 1.82) is 0 Å². The van der Waals surface area contributed by atoms with Crippen molar-refractivity contribution in [3.8, 4) is 0 Å². The molecular weight excluding hydrogens is 332 g/mol. The van der Waals surface area contributed by atoms with Crippen LogP contribution in [-0.2, 0) is 24.1 Å². The van der Waals surface area contributed by atoms with Crippen molar-refractivity contribution in [3.05, 3.63) is 65.2 Å². The Kier molecular flexibility index (Phi) is 7.05. The zero-order valence-electron chi connectivity index (χ0n) is 16.6. The SMILES string of the molecule is CCC(CCCc1ccccc1)NC1CCc2ccc(NC(C)=O)cc2C1. The van der Waals surface area contributed by atoms with Crippen LogP contribution in [0.25, 0.3) is 0 Å². The summed E-state index contributed by atoms with van der Waals surface area (Å²) < 4.78 is 0. The van der Waals surface area contributed by atoms with Crippen LogP contribution in [0.2, 0.25) is 0 Å². The third kappa shape index (κ3) is 5.93. The Hall–Kier alpha value is -2.13. The summed E-state index contributed by atoms with van der Waals surface area (Å²) in [5.74, 6) is -0.00935. The molecule has 0 saturated carbocycles. The number of anilines is 1. The van der Waals surface area contributed by atoms with Gasteiger partial charge in [-0.15, -0.1) is 0 Å². The number of carbonyl (C=O) groups excluding carboxylic acids is 1. The van der Waals surface area contributed by atoms with Crippen LogP contribution in [0.3, 0.4) is 0 Å². The Labute approximate surface area is 163 Å². The summed E-state index contributed by atoms with van der Waals surface area (Å²) in [4.78, 5) is 11.3. The Morgan fingerprint density at radius 1 is 1.15 bits per heavy atom. The van der Waals surface area contributed by atoms with Crippen LogP contribution in [0.1, 0.15) is 56.2 Å². The third-order valence-corrected chi connectivity index (χ3v) is 5.58. The van der Waals surface area contributed by atoms with Crippen molar-refractivity contribution in [1.82, 2.24) is 5.32 Å². The molecule has 144 valence electrons. The number of hydrogen-bond acceptors (Lipinski definition) is 2. The molecule has 2 N–H and O–H groups in total. The Balaban J connectivity index is 1.51. The molecule has 3 heteroatoms. The van der Waals surface area contributed by atoms with Crippen LogP contribution in [-0.4, -0.2) is 18.0 Å². The van der Waals surface area contributed by atoms with E-state index in [4.69, 9.17) is 0 Å². The molecule has 0 aliphatic heterocycles. The topological polar surface area (TPSA) is 41.1 Å². The Morgan fingerprint density at radius 3 is 2.70 bits per heavy atom. The van der Waals surface area contributed by atoms with Crippen molar-refractivity contribution >= 4 is 11.6 Å². The molecule has 0 bridgehead atoms. The van der Waals surface area contributed by atoms with Gasteiger partial charge in [0.05, 0.1) is 0 Å². The van der Waals surface area contributed by atoms with Crippen LogP contribution in [0.5, 0.6) is 0 Å². The maximum atomic E-state index is 11.3. The highest BCUT2D eigenvalue weighted by Gasteiger charge is 2.21. The lowest BCUT2D eigenvalue weighted by Gasteiger charge is -2.30. The van der Waals surface area contributed by atoms with Crippen molar-refractivity contribution in [2.24, 2.45) is 0 Å². The van der Waals surface area contributed by atoms with E-state index in [0.29, 0.717) is 12.1 Å². The number of rotatable bonds is 8. The van der Waals surface area contributed by atoms with Crippen LogP contribution in [0.15, 0.2) is 48.5 Å². The quantitative estimate of drug-likeness (QED) is 0.700. The molecule has 0 aromatic heterocycles. The van der Waals surface area contributed by atoms with E-state index < -0.39 is 0 Å². The molecule has 1 aliphatic rings. The highest BCUT2D eigenvalue weighted by Crippen LogP contribution is 2.25. The van der Waals surface area contributed by atoms with Gasteiger partial charge >= 0.3 is 0 Å². The molecule has 2 aromatic carbocycles. The van der Waals surface area contributed by atoms with E-state index in [1.165, 1.54) is 42.4 Å². The number of carbonyl (C=O) groups is 1. The molecule has 2 aromatic rings. The number of fused-ring (bicyclic) bond motifs is 1. The third-order valence-electron chi connectivity index (χ3n) is 5.58. The normalized spacial score (nSPS) is 17.2. The monoisotopic (exact) mass is 364 g/mol. The second-order valence-corrected chi connectivity index (χ2v) is 7.75. The molecule has 1 aliphatic carbocycles. The fourth-order valence-electron chi connectivity index (χ4n) is 4.12. The van der Waals surface area contributed by atoms with Gasteiger partial charge in [0.2, 0.25) is 5.91 Å². The largest absolute Gasteiger partial charge is 0.326 e. The first-order valence-electron chi connectivity index (χ1n) is 10.3. The predicted molar refractivity (Wildman–Crippen MR) is 113 cm³/mol. The second kappa shape index (κ2) is 9.70. The predicted octanol–water partition coefficient (Wildman–Crippen LogP) is 4.89. The molecule has 3 nitrogen and oxygen atoms in total. The average molecular weight is 365 g/mol. The minimum atomic E-state index is -0.00935. The number of aryl methyl sites for hydroxylation is 2. The lowest BCUT2D eigenvalue weighted by molar-refractivity contribution is -0.114. The number of benzene rings is 2. The lowest BCUT2D eigenvalue weighted by atomic mass is 9.87. The summed E-state index contributed by atoms with van der Waals surface area (Å²) in [5.41, 5.74) is 5.16. The fourth-order valence-corrected chi connectivity index (χ4v) is 4.12. The van der Waals surface area contributed by atoms with Crippen LogP contribution >= 0.6 is 0 Å². The van der Waals surface area contributed by atoms with E-state index in [1.54, 1.807) is 6.92 Å². The fraction of sp³-hybridized carbons (Fsp3) is 0.458. The van der Waals surface area contributed by atoms with Gasteiger partial charge in [-0.05, 0) is 73.8 Å². The molecule has 0 saturated heterocycles. The summed E-state index contributed by atoms with van der Waals surface area (Å²) in [6, 6.07) is 18.2. The smallest absolute Gasteiger partial charge is 0.221 e. The highest BCUT2D eigenvalue weighted by atomic mass is 16.1. The molecule has 0 radical (unpaired) electrons. The molecular formula is C24H32N2O. The van der Waals surface area contributed by atoms with Crippen LogP contribution in [0, 0.1) is 0 Å². The van der Waals surface area contributed by atoms with Gasteiger partial charge in [0.25, 0.3) is 0 Å². The first-order chi connectivity index (χ1) is 13.1. The minimum absolute atomic E-state index is 0.00935. The molecule has 1 amide bonds. The zero-order chi connectivity index (χ0) is 19.1. The molecule has 27 heavy (non-hydrogen) atoms. The Bertz CT molecular complexity index is 741. The average Bonchev–Trinajstić information content (AvgIpc) is 2.67. The Morgan fingerprint density at radius 2 is 1.96 bits per heavy atom. The van der Waals surface area contributed by atoms with Crippen molar-refractivity contribution in [2.75, 3.05) is 5.32 Å². The summed E-state index contributed by atoms with van der Waals surface area (Å²) in [6.45, 7) is 3.84. The van der Waals surface area contributed by atoms with Crippen molar-refractivity contribution < 1.29 is 4.79 Å². The van der Waals surface area contributed by atoms with Gasteiger partial charge in [0.15, 0.2) is 0 Å². The van der Waals surface area contributed by atoms with Crippen molar-refractivity contribution in [3.63, 3.8) is 0 Å². The van der Waals surface area contributed by atoms with E-state index in [2.05, 4.69) is 60.0 Å². The minimum Gasteiger partial charge on any atom is -0.326 e. The van der Waals surface area contributed by atoms with E-state index in [1.807, 2.05) is 6.07 Å². The summed E-state index contributed by atoms with van der Waals surface area (Å²) in [6.07, 6.45) is 8.15. The summed E-state index contributed by atoms with van der Waals surface area (Å²) in [7, 11) is 0. The molecule has 2 unspecified atom stereocenters. The van der Waals surface area contributed by atoms with Gasteiger partial charge in [-0.25, -0.2) is 0 Å². The first kappa shape index (κ1) is 19.6. The molecule has 0 heterocycles. The van der Waals surface area contributed by atoms with Gasteiger partial charge < -0.3 is 10.6 Å². The highest BCUT2D eigenvalue weighted by molar-refractivity contribution is 5.88. The summed E-state index contributed by atoms with van der Waals surface area (Å²) >= 11 is 0. The van der Waals surface area contributed by atoms with E-state index in [9.17, 15) is 4.79 Å². The molecule has 0 spiro atoms. The molecule has 3 rings (SSSR count). The van der Waals surface area contributed by atoms with E-state index >= 15 is 0 Å². The molecule has 2 atom stereocenters. The molecule has 0 fully saturated rings. The van der Waals surface area contributed by atoms with E-state index in [0.717, 1.165) is 24.9 Å². The van der Waals surface area contributed by atoms with Crippen LogP contribution in [0.4, 0.5) is 5.69 Å². The maximum Gasteiger partial charge on any atom is 0.221 e. The van der Waals surface area contributed by atoms with Gasteiger partial charge in [-0.3, -0.25) is 4.79 Å². The second-order valence-electron chi connectivity index (χ2n) is 7.75. The number of amides is 1. The maximum absolute atomic E-state index is 11.3. The summed E-state index contributed by atoms with van der Waals surface area (Å²) in [5, 5.41) is 6.81. The zero-order valence-corrected chi connectivity index (χ0v) is 16.6. The number of nitrogens with one attached hydrogen (secondary N) is 2. The van der Waals surface area contributed by atoms with E-state index in [-0.39, 0.29) is 5.91 Å². The lowest BCUT2D eigenvalue weighted by Crippen LogP contribution is -2.41. The van der Waals surface area contributed by atoms with Gasteiger partial charge in [0, 0.05) is 24.7 Å². The number of hydrogen-bond donors (Lipinski definition) is 2. The van der Waals surface area contributed by atoms with Gasteiger partial charge in [-0.2, -0.15) is 0 Å². The standard InChI is InChI=1S/C24H32N2O/c1-3-22(11-7-10-19-8-5-4-6-9-19)26-24-15-13-20-12-14-23(25-18(2)27)16-21(20)17-24/h4-6,8-9,12,14,16,22,24,26H,3,7,10-11,13,15,17H2,1-2H3,(H,25,27). The van der Waals surface area contributed by atoms with Crippen molar-refractivity contribution in [2.45, 2.75) is 70.9 Å². The van der Waals surface area contributed by atoms with Crippen LogP contribution < -0.4 is 10.6 Å².